The number of rotatable bonds is 4. The maximum Gasteiger partial charge on any atom is 0.270 e. The summed E-state index contributed by atoms with van der Waals surface area (Å²) in [7, 11) is 0. The second kappa shape index (κ2) is 8.20. The Bertz CT molecular complexity index is 1080. The van der Waals surface area contributed by atoms with Gasteiger partial charge in [-0.3, -0.25) is 9.59 Å². The zero-order valence-electron chi connectivity index (χ0n) is 16.9. The van der Waals surface area contributed by atoms with Crippen LogP contribution in [0.4, 0.5) is 0 Å². The first-order valence-corrected chi connectivity index (χ1v) is 10.5. The Morgan fingerprint density at radius 2 is 1.83 bits per heavy atom. The van der Waals surface area contributed by atoms with Gasteiger partial charge >= 0.3 is 0 Å². The molecular weight excluding hydrogens is 450 g/mol. The number of carbonyl (C=O) groups is 2. The highest BCUT2D eigenvalue weighted by Crippen LogP contribution is 2.29. The zero-order chi connectivity index (χ0) is 21.4. The summed E-state index contributed by atoms with van der Waals surface area (Å²) in [5.41, 5.74) is 2.41. The molecule has 2 unspecified atom stereocenters. The van der Waals surface area contributed by atoms with Crippen molar-refractivity contribution in [1.82, 2.24) is 15.0 Å². The van der Waals surface area contributed by atoms with E-state index in [-0.39, 0.29) is 23.9 Å². The van der Waals surface area contributed by atoms with Gasteiger partial charge in [-0.1, -0.05) is 33.2 Å². The Kier molecular flexibility index (Phi) is 5.62. The van der Waals surface area contributed by atoms with Crippen LogP contribution in [0.2, 0.25) is 0 Å². The number of carbonyl (C=O) groups excluding carboxylic acids is 2. The van der Waals surface area contributed by atoms with Crippen LogP contribution in [0, 0.1) is 6.92 Å². The van der Waals surface area contributed by atoms with Crippen molar-refractivity contribution in [3.8, 4) is 11.3 Å². The number of benzene rings is 1. The highest BCUT2D eigenvalue weighted by molar-refractivity contribution is 9.10. The molecule has 2 atom stereocenters. The number of nitrogens with one attached hydrogen (secondary N) is 1. The molecule has 1 saturated heterocycles. The number of aryl methyl sites for hydroxylation is 1. The SMILES string of the molecule is Cc1onc(-c2ccc(Br)cc2)c1C(=O)c1c[nH]c(C(=O)N2CC(C)OC(C)C2)c1. The zero-order valence-corrected chi connectivity index (χ0v) is 18.5. The molecule has 0 saturated carbocycles. The highest BCUT2D eigenvalue weighted by Gasteiger charge is 2.29. The van der Waals surface area contributed by atoms with Crippen molar-refractivity contribution in [2.24, 2.45) is 0 Å². The van der Waals surface area contributed by atoms with Gasteiger partial charge in [0.05, 0.1) is 17.8 Å². The van der Waals surface area contributed by atoms with E-state index in [1.54, 1.807) is 24.1 Å². The van der Waals surface area contributed by atoms with Crippen molar-refractivity contribution in [2.75, 3.05) is 13.1 Å². The molecule has 1 aromatic carbocycles. The van der Waals surface area contributed by atoms with E-state index in [0.717, 1.165) is 10.0 Å². The Hall–Kier alpha value is -2.71. The van der Waals surface area contributed by atoms with Crippen LogP contribution in [0.1, 0.15) is 46.0 Å². The fourth-order valence-corrected chi connectivity index (χ4v) is 4.02. The molecule has 1 aliphatic heterocycles. The molecule has 2 aromatic heterocycles. The lowest BCUT2D eigenvalue weighted by atomic mass is 9.99. The van der Waals surface area contributed by atoms with Gasteiger partial charge in [-0.05, 0) is 39.0 Å². The number of halogens is 1. The first-order chi connectivity index (χ1) is 14.3. The molecule has 7 nitrogen and oxygen atoms in total. The van der Waals surface area contributed by atoms with E-state index in [1.165, 1.54) is 0 Å². The van der Waals surface area contributed by atoms with Gasteiger partial charge in [-0.25, -0.2) is 0 Å². The largest absolute Gasteiger partial charge is 0.372 e. The Morgan fingerprint density at radius 3 is 2.50 bits per heavy atom. The van der Waals surface area contributed by atoms with Crippen LogP contribution in [0.15, 0.2) is 45.5 Å². The lowest BCUT2D eigenvalue weighted by Crippen LogP contribution is -2.48. The van der Waals surface area contributed by atoms with Gasteiger partial charge in [0.2, 0.25) is 0 Å². The summed E-state index contributed by atoms with van der Waals surface area (Å²) >= 11 is 3.41. The molecule has 156 valence electrons. The maximum atomic E-state index is 13.2. The molecular formula is C22H22BrN3O4. The molecule has 1 aliphatic rings. The van der Waals surface area contributed by atoms with Crippen molar-refractivity contribution < 1.29 is 18.8 Å². The molecule has 0 spiro atoms. The molecule has 30 heavy (non-hydrogen) atoms. The van der Waals surface area contributed by atoms with E-state index < -0.39 is 0 Å². The van der Waals surface area contributed by atoms with Crippen molar-refractivity contribution in [3.05, 3.63) is 63.6 Å². The Labute approximate surface area is 182 Å². The fourth-order valence-electron chi connectivity index (χ4n) is 3.75. The lowest BCUT2D eigenvalue weighted by molar-refractivity contribution is -0.0587. The molecule has 1 amide bonds. The van der Waals surface area contributed by atoms with Crippen LogP contribution in [-0.2, 0) is 4.74 Å². The van der Waals surface area contributed by atoms with Gasteiger partial charge in [0.1, 0.15) is 17.1 Å². The number of hydrogen-bond acceptors (Lipinski definition) is 5. The van der Waals surface area contributed by atoms with E-state index in [0.29, 0.717) is 41.4 Å². The summed E-state index contributed by atoms with van der Waals surface area (Å²) in [4.78, 5) is 30.8. The van der Waals surface area contributed by atoms with Gasteiger partial charge in [-0.15, -0.1) is 0 Å². The lowest BCUT2D eigenvalue weighted by Gasteiger charge is -2.35. The van der Waals surface area contributed by atoms with Crippen molar-refractivity contribution in [1.29, 1.82) is 0 Å². The minimum absolute atomic E-state index is 0.0260. The predicted molar refractivity (Wildman–Crippen MR) is 115 cm³/mol. The van der Waals surface area contributed by atoms with Crippen LogP contribution in [0.25, 0.3) is 11.3 Å². The van der Waals surface area contributed by atoms with Crippen LogP contribution < -0.4 is 0 Å². The van der Waals surface area contributed by atoms with Crippen LogP contribution in [0.3, 0.4) is 0 Å². The number of aromatic nitrogens is 2. The quantitative estimate of drug-likeness (QED) is 0.575. The number of H-pyrrole nitrogens is 1. The smallest absolute Gasteiger partial charge is 0.270 e. The molecule has 3 aromatic rings. The number of nitrogens with zero attached hydrogens (tertiary/aromatic N) is 2. The van der Waals surface area contributed by atoms with E-state index >= 15 is 0 Å². The molecule has 3 heterocycles. The average molecular weight is 472 g/mol. The third kappa shape index (κ3) is 3.97. The third-order valence-electron chi connectivity index (χ3n) is 5.09. The first kappa shape index (κ1) is 20.6. The second-order valence-electron chi connectivity index (χ2n) is 7.57. The number of ketones is 1. The molecule has 0 radical (unpaired) electrons. The summed E-state index contributed by atoms with van der Waals surface area (Å²) in [5.74, 6) is 0.0414. The summed E-state index contributed by atoms with van der Waals surface area (Å²) in [6, 6.07) is 9.08. The van der Waals surface area contributed by atoms with Crippen LogP contribution in [0.5, 0.6) is 0 Å². The van der Waals surface area contributed by atoms with Crippen LogP contribution in [-0.4, -0.2) is 52.0 Å². The predicted octanol–water partition coefficient (Wildman–Crippen LogP) is 4.22. The first-order valence-electron chi connectivity index (χ1n) is 9.73. The van der Waals surface area contributed by atoms with E-state index in [9.17, 15) is 9.59 Å². The molecule has 8 heteroatoms. The summed E-state index contributed by atoms with van der Waals surface area (Å²) < 4.78 is 11.9. The number of amides is 1. The van der Waals surface area contributed by atoms with Gasteiger partial charge in [-0.2, -0.15) is 0 Å². The monoisotopic (exact) mass is 471 g/mol. The van der Waals surface area contributed by atoms with Crippen LogP contribution >= 0.6 is 15.9 Å². The fraction of sp³-hybridized carbons (Fsp3) is 0.318. The number of hydrogen-bond donors (Lipinski definition) is 1. The molecule has 1 fully saturated rings. The van der Waals surface area contributed by atoms with Crippen molar-refractivity contribution in [3.63, 3.8) is 0 Å². The summed E-state index contributed by atoms with van der Waals surface area (Å²) in [5, 5.41) is 4.08. The molecule has 4 rings (SSSR count). The minimum atomic E-state index is -0.245. The number of aromatic amines is 1. The van der Waals surface area contributed by atoms with Crippen molar-refractivity contribution in [2.45, 2.75) is 33.0 Å². The molecule has 0 bridgehead atoms. The highest BCUT2D eigenvalue weighted by atomic mass is 79.9. The van der Waals surface area contributed by atoms with Crippen molar-refractivity contribution >= 4 is 27.6 Å². The third-order valence-corrected chi connectivity index (χ3v) is 5.62. The van der Waals surface area contributed by atoms with E-state index in [4.69, 9.17) is 9.26 Å². The summed E-state index contributed by atoms with van der Waals surface area (Å²) in [6.45, 7) is 6.63. The Balaban J connectivity index is 1.60. The van der Waals surface area contributed by atoms with Gasteiger partial charge in [0, 0.05) is 34.9 Å². The standard InChI is InChI=1S/C22H22BrN3O4/c1-12-10-26(11-13(2)29-12)22(28)18-8-16(9-24-18)21(27)19-14(3)30-25-20(19)15-4-6-17(23)7-5-15/h4-9,12-13,24H,10-11H2,1-3H3. The number of ether oxygens (including phenoxy) is 1. The normalized spacial score (nSPS) is 19.1. The maximum absolute atomic E-state index is 13.2. The molecule has 0 aliphatic carbocycles. The minimum Gasteiger partial charge on any atom is -0.372 e. The van der Waals surface area contributed by atoms with E-state index in [1.807, 2.05) is 38.1 Å². The molecule has 1 N–H and O–H groups in total. The van der Waals surface area contributed by atoms with Gasteiger partial charge in [0.15, 0.2) is 5.78 Å². The van der Waals surface area contributed by atoms with Gasteiger partial charge in [0.25, 0.3) is 5.91 Å². The average Bonchev–Trinajstić information content (AvgIpc) is 3.34. The summed E-state index contributed by atoms with van der Waals surface area (Å²) in [6.07, 6.45) is 1.50. The number of morpholine rings is 1. The topological polar surface area (TPSA) is 88.4 Å². The van der Waals surface area contributed by atoms with E-state index in [2.05, 4.69) is 26.1 Å². The van der Waals surface area contributed by atoms with Gasteiger partial charge < -0.3 is 19.1 Å². The second-order valence-corrected chi connectivity index (χ2v) is 8.48. The Morgan fingerprint density at radius 1 is 1.17 bits per heavy atom.